The van der Waals surface area contributed by atoms with Crippen LogP contribution in [0.3, 0.4) is 0 Å². The zero-order chi connectivity index (χ0) is 17.4. The van der Waals surface area contributed by atoms with Crippen LogP contribution in [0.15, 0.2) is 6.33 Å². The van der Waals surface area contributed by atoms with Gasteiger partial charge in [0.2, 0.25) is 0 Å². The Hall–Kier alpha value is -0.702. The van der Waals surface area contributed by atoms with Gasteiger partial charge in [0.05, 0.1) is 0 Å². The molecule has 2 aromatic heterocycles. The number of ether oxygens (including phenoxy) is 1. The second-order valence-electron chi connectivity index (χ2n) is 5.44. The zero-order valence-corrected chi connectivity index (χ0v) is 21.9. The van der Waals surface area contributed by atoms with Crippen LogP contribution in [-0.4, -0.2) is 61.2 Å². The van der Waals surface area contributed by atoms with E-state index < -0.39 is 30.4 Å². The molecule has 0 bridgehead atoms. The SMILES string of the molecule is COC(=O)N[C@H]1C[C@@H](n2cnc3c([NH][RaH])nc(Cl)nc32)[C@H](O)[C@@H]1O. The number of anilines is 1. The van der Waals surface area contributed by atoms with Crippen LogP contribution in [0, 0.1) is 43.2 Å². The summed E-state index contributed by atoms with van der Waals surface area (Å²) in [6.45, 7) is 0. The van der Waals surface area contributed by atoms with E-state index in [1.165, 1.54) is 13.4 Å². The van der Waals surface area contributed by atoms with E-state index in [-0.39, 0.29) is 48.5 Å². The van der Waals surface area contributed by atoms with Crippen LogP contribution in [0.4, 0.5) is 10.6 Å². The van der Waals surface area contributed by atoms with Gasteiger partial charge in [0.15, 0.2) is 0 Å². The second-order valence-corrected chi connectivity index (χ2v) is 7.83. The summed E-state index contributed by atoms with van der Waals surface area (Å²) >= 11 is 5.94. The summed E-state index contributed by atoms with van der Waals surface area (Å²) in [5.74, 6) is 0.561. The molecule has 0 spiro atoms. The third-order valence-corrected chi connectivity index (χ3v) is 6.24. The van der Waals surface area contributed by atoms with Gasteiger partial charge in [-0.05, 0) is 0 Å². The summed E-state index contributed by atoms with van der Waals surface area (Å²) < 4.78 is 9.29. The molecule has 126 valence electrons. The first-order chi connectivity index (χ1) is 11.5. The van der Waals surface area contributed by atoms with Crippen molar-refractivity contribution in [1.82, 2.24) is 24.8 Å². The maximum atomic E-state index is 11.4. The Labute approximate surface area is 171 Å². The van der Waals surface area contributed by atoms with Crippen LogP contribution >= 0.6 is 11.6 Å². The van der Waals surface area contributed by atoms with E-state index >= 15 is 0 Å². The van der Waals surface area contributed by atoms with Crippen LogP contribution in [0.5, 0.6) is 0 Å². The molecule has 0 aliphatic heterocycles. The number of imidazole rings is 1. The van der Waals surface area contributed by atoms with Crippen molar-refractivity contribution < 1.29 is 63.0 Å². The average molecular weight is 569 g/mol. The molecule has 12 heteroatoms. The molecule has 0 radical (unpaired) electrons. The van der Waals surface area contributed by atoms with Gasteiger partial charge >= 0.3 is 173 Å². The molecule has 0 saturated heterocycles. The number of fused-ring (bicyclic) bond motifs is 1. The Morgan fingerprint density at radius 3 is 2.88 bits per heavy atom. The Morgan fingerprint density at radius 1 is 1.46 bits per heavy atom. The minimum absolute atomic E-state index is 0.0205. The standard InChI is InChI=1S/C12H15ClN6O4.Ra.H/c1-23-12(22)16-4-2-5(8(21)7(4)20)19-3-15-6-9(14)17-11(13)18-10(6)19;;/h3-5,7-8,20-21H,2H2,1H3,(H3,14,16,17,18,22);;/q;+1;/p-1/t4-,5+,7+,8-;;/m0../s1. The molecule has 1 saturated carbocycles. The molecular formula is C12H15ClN6O4Ra. The van der Waals surface area contributed by atoms with Crippen molar-refractivity contribution in [3.63, 3.8) is 0 Å². The van der Waals surface area contributed by atoms with Gasteiger partial charge in [-0.3, -0.25) is 0 Å². The molecule has 4 atom stereocenters. The van der Waals surface area contributed by atoms with Crippen molar-refractivity contribution in [2.75, 3.05) is 7.96 Å². The van der Waals surface area contributed by atoms with E-state index in [0.29, 0.717) is 23.4 Å². The number of carbonyl (C=O) groups is 1. The fourth-order valence-electron chi connectivity index (χ4n) is 2.94. The van der Waals surface area contributed by atoms with Crippen molar-refractivity contribution in [3.05, 3.63) is 11.6 Å². The first kappa shape index (κ1) is 18.1. The maximum absolute atomic E-state index is 11.4. The molecule has 0 aromatic carbocycles. The van der Waals surface area contributed by atoms with Gasteiger partial charge in [-0.1, -0.05) is 0 Å². The fourth-order valence-corrected chi connectivity index (χ4v) is 4.54. The van der Waals surface area contributed by atoms with E-state index in [4.69, 9.17) is 11.6 Å². The molecular weight excluding hydrogens is 554 g/mol. The number of nitrogens with zero attached hydrogens (tertiary/aromatic N) is 4. The molecule has 4 N–H and O–H groups in total. The van der Waals surface area contributed by atoms with Gasteiger partial charge in [0.1, 0.15) is 0 Å². The fraction of sp³-hybridized carbons (Fsp3) is 0.500. The third kappa shape index (κ3) is 3.21. The molecule has 1 aliphatic rings. The van der Waals surface area contributed by atoms with Crippen molar-refractivity contribution in [1.29, 1.82) is 0 Å². The number of rotatable bonds is 3. The first-order valence-electron chi connectivity index (χ1n) is 7.24. The van der Waals surface area contributed by atoms with Gasteiger partial charge in [0, 0.05) is 0 Å². The molecule has 1 fully saturated rings. The molecule has 10 nitrogen and oxygen atoms in total. The van der Waals surface area contributed by atoms with E-state index in [2.05, 4.69) is 25.9 Å². The number of aliphatic hydroxyl groups excluding tert-OH is 2. The predicted molar refractivity (Wildman–Crippen MR) is 80.3 cm³/mol. The summed E-state index contributed by atoms with van der Waals surface area (Å²) in [5.41, 5.74) is 1.01. The number of nitrogens with one attached hydrogen (secondary N) is 2. The second kappa shape index (κ2) is 7.27. The van der Waals surface area contributed by atoms with E-state index in [9.17, 15) is 15.0 Å². The van der Waals surface area contributed by atoms with Crippen molar-refractivity contribution >= 4 is 34.7 Å². The average Bonchev–Trinajstić information content (AvgIpc) is 3.10. The van der Waals surface area contributed by atoms with Gasteiger partial charge in [-0.15, -0.1) is 0 Å². The number of hydrogen-bond acceptors (Lipinski definition) is 8. The third-order valence-electron chi connectivity index (χ3n) is 4.13. The monoisotopic (exact) mass is 568 g/mol. The Balaban J connectivity index is 1.96. The molecule has 2 heterocycles. The summed E-state index contributed by atoms with van der Waals surface area (Å²) in [5, 5.41) is 23.1. The Kier molecular flexibility index (Phi) is 5.48. The number of alkyl carbamates (subject to hydrolysis) is 1. The zero-order valence-electron chi connectivity index (χ0n) is 13.0. The quantitative estimate of drug-likeness (QED) is 0.364. The summed E-state index contributed by atoms with van der Waals surface area (Å²) in [6, 6.07) is -1.17. The molecule has 24 heavy (non-hydrogen) atoms. The number of amides is 1. The molecule has 3 rings (SSSR count). The molecule has 2 aromatic rings. The van der Waals surface area contributed by atoms with Gasteiger partial charge in [-0.25, -0.2) is 0 Å². The van der Waals surface area contributed by atoms with Crippen LogP contribution in [0.2, 0.25) is 5.28 Å². The number of carbonyl (C=O) groups excluding carboxylic acids is 1. The minimum atomic E-state index is -1.13. The molecule has 0 unspecified atom stereocenters. The number of aromatic nitrogens is 4. The van der Waals surface area contributed by atoms with Gasteiger partial charge in [0.25, 0.3) is 0 Å². The van der Waals surface area contributed by atoms with Crippen molar-refractivity contribution in [2.24, 2.45) is 0 Å². The topological polar surface area (TPSA) is 134 Å². The Morgan fingerprint density at radius 2 is 2.21 bits per heavy atom. The molecule has 1 aliphatic carbocycles. The van der Waals surface area contributed by atoms with Crippen molar-refractivity contribution in [2.45, 2.75) is 30.7 Å². The van der Waals surface area contributed by atoms with Gasteiger partial charge < -0.3 is 0 Å². The van der Waals surface area contributed by atoms with E-state index in [0.717, 1.165) is 0 Å². The molecule has 1 amide bonds. The number of methoxy groups -OCH3 is 1. The number of aliphatic hydroxyl groups is 2. The van der Waals surface area contributed by atoms with Gasteiger partial charge in [-0.2, -0.15) is 0 Å². The van der Waals surface area contributed by atoms with Crippen LogP contribution < -0.4 is 6.17 Å². The Bertz CT molecular complexity index is 773. The predicted octanol–water partition coefficient (Wildman–Crippen LogP) is -0.521. The van der Waals surface area contributed by atoms with E-state index in [1.807, 2.05) is 0 Å². The van der Waals surface area contributed by atoms with Crippen LogP contribution in [0.25, 0.3) is 11.2 Å². The summed E-state index contributed by atoms with van der Waals surface area (Å²) in [6.07, 6.45) is -1.09. The van der Waals surface area contributed by atoms with Crippen LogP contribution in [0.1, 0.15) is 12.5 Å². The van der Waals surface area contributed by atoms with E-state index in [1.54, 1.807) is 4.57 Å². The number of hydrogen-bond donors (Lipinski definition) is 4. The summed E-state index contributed by atoms with van der Waals surface area (Å²) in [7, 11) is 1.23. The normalized spacial score (nSPS) is 26.5. The number of halogens is 1. The first-order valence-corrected chi connectivity index (χ1v) is 11.7. The van der Waals surface area contributed by atoms with Crippen molar-refractivity contribution in [3.8, 4) is 0 Å². The van der Waals surface area contributed by atoms with Crippen LogP contribution in [-0.2, 0) is 4.74 Å². The summed E-state index contributed by atoms with van der Waals surface area (Å²) in [4.78, 5) is 23.9.